The van der Waals surface area contributed by atoms with Crippen LogP contribution in [-0.4, -0.2) is 22.8 Å². The molecule has 0 fully saturated rings. The summed E-state index contributed by atoms with van der Waals surface area (Å²) in [6.07, 6.45) is -4.04. The highest BCUT2D eigenvalue weighted by atomic mass is 32.1. The predicted molar refractivity (Wildman–Crippen MR) is 62.6 cm³/mol. The maximum Gasteiger partial charge on any atom is 0.417 e. The molecule has 1 rings (SSSR count). The van der Waals surface area contributed by atoms with Gasteiger partial charge in [0, 0.05) is 16.3 Å². The van der Waals surface area contributed by atoms with Gasteiger partial charge >= 0.3 is 12.1 Å². The van der Waals surface area contributed by atoms with E-state index in [2.05, 4.69) is 5.32 Å². The molecular weight excluding hydrogens is 267 g/mol. The minimum Gasteiger partial charge on any atom is -0.480 e. The Morgan fingerprint density at radius 1 is 1.39 bits per heavy atom. The molecule has 18 heavy (non-hydrogen) atoms. The normalized spacial score (nSPS) is 15.4. The molecule has 1 aromatic rings. The number of nitrogens with one attached hydrogen (secondary N) is 1. The maximum absolute atomic E-state index is 12.7. The number of hydrogen-bond donors (Lipinski definition) is 2. The number of rotatable bonds is 5. The molecule has 0 amide bonds. The van der Waals surface area contributed by atoms with E-state index in [4.69, 9.17) is 5.11 Å². The van der Waals surface area contributed by atoms with Crippen LogP contribution in [0.2, 0.25) is 0 Å². The molecule has 7 heteroatoms. The molecule has 102 valence electrons. The lowest BCUT2D eigenvalue weighted by atomic mass is 10.0. The molecule has 2 N–H and O–H groups in total. The molecule has 1 heterocycles. The molecule has 0 bridgehead atoms. The van der Waals surface area contributed by atoms with Crippen molar-refractivity contribution in [2.45, 2.75) is 38.5 Å². The standard InChI is InChI=1S/C11H14F3NO2S/c1-3-7-4-5-8(18-7)6-15-10(2,9(16)17)11(12,13)14/h4-5,15H,3,6H2,1-2H3,(H,16,17). The van der Waals surface area contributed by atoms with E-state index in [1.54, 1.807) is 6.07 Å². The number of halogens is 3. The van der Waals surface area contributed by atoms with Gasteiger partial charge in [0.1, 0.15) is 0 Å². The zero-order chi connectivity index (χ0) is 14.0. The Hall–Kier alpha value is -1.08. The zero-order valence-corrected chi connectivity index (χ0v) is 10.8. The second kappa shape index (κ2) is 5.27. The summed E-state index contributed by atoms with van der Waals surface area (Å²) < 4.78 is 38.1. The summed E-state index contributed by atoms with van der Waals surface area (Å²) in [6, 6.07) is 3.53. The van der Waals surface area contributed by atoms with Crippen molar-refractivity contribution in [3.8, 4) is 0 Å². The van der Waals surface area contributed by atoms with Gasteiger partial charge in [0.15, 0.2) is 0 Å². The molecule has 0 saturated heterocycles. The van der Waals surface area contributed by atoms with Crippen molar-refractivity contribution in [1.29, 1.82) is 0 Å². The SMILES string of the molecule is CCc1ccc(CNC(C)(C(=O)O)C(F)(F)F)s1. The highest BCUT2D eigenvalue weighted by molar-refractivity contribution is 7.11. The van der Waals surface area contributed by atoms with Crippen LogP contribution in [0, 0.1) is 0 Å². The number of carboxylic acids is 1. The van der Waals surface area contributed by atoms with Gasteiger partial charge in [-0.2, -0.15) is 13.2 Å². The first-order chi connectivity index (χ1) is 8.20. The molecule has 1 unspecified atom stereocenters. The van der Waals surface area contributed by atoms with E-state index in [-0.39, 0.29) is 6.54 Å². The van der Waals surface area contributed by atoms with Crippen molar-refractivity contribution in [2.24, 2.45) is 0 Å². The van der Waals surface area contributed by atoms with Crippen LogP contribution in [0.4, 0.5) is 13.2 Å². The third-order valence-corrected chi connectivity index (χ3v) is 3.91. The van der Waals surface area contributed by atoms with Gasteiger partial charge in [-0.1, -0.05) is 6.92 Å². The Bertz CT molecular complexity index is 430. The summed E-state index contributed by atoms with van der Waals surface area (Å²) in [5.74, 6) is -1.93. The number of thiophene rings is 1. The molecule has 3 nitrogen and oxygen atoms in total. The van der Waals surface area contributed by atoms with Gasteiger partial charge in [0.25, 0.3) is 0 Å². The molecule has 1 aromatic heterocycles. The van der Waals surface area contributed by atoms with Crippen molar-refractivity contribution in [3.05, 3.63) is 21.9 Å². The Labute approximate surface area is 107 Å². The third kappa shape index (κ3) is 3.02. The van der Waals surface area contributed by atoms with Crippen LogP contribution in [0.5, 0.6) is 0 Å². The van der Waals surface area contributed by atoms with Crippen LogP contribution in [0.15, 0.2) is 12.1 Å². The third-order valence-electron chi connectivity index (χ3n) is 2.68. The number of alkyl halides is 3. The second-order valence-corrected chi connectivity index (χ2v) is 5.26. The number of carboxylic acid groups (broad SMARTS) is 1. The van der Waals surface area contributed by atoms with Crippen LogP contribution in [0.3, 0.4) is 0 Å². The Balaban J connectivity index is 2.78. The molecule has 0 saturated carbocycles. The molecule has 0 aromatic carbocycles. The average molecular weight is 281 g/mol. The Kier molecular flexibility index (Phi) is 4.39. The fourth-order valence-corrected chi connectivity index (χ4v) is 2.17. The van der Waals surface area contributed by atoms with E-state index in [0.717, 1.165) is 11.3 Å². The summed E-state index contributed by atoms with van der Waals surface area (Å²) in [6.45, 7) is 2.46. The monoisotopic (exact) mass is 281 g/mol. The molecular formula is C11H14F3NO2S. The maximum atomic E-state index is 12.7. The van der Waals surface area contributed by atoms with Crippen molar-refractivity contribution >= 4 is 17.3 Å². The molecule has 0 aliphatic carbocycles. The lowest BCUT2D eigenvalue weighted by Crippen LogP contribution is -2.59. The molecule has 0 spiro atoms. The summed E-state index contributed by atoms with van der Waals surface area (Å²) in [5.41, 5.74) is -2.93. The fraction of sp³-hybridized carbons (Fsp3) is 0.545. The van der Waals surface area contributed by atoms with Crippen LogP contribution in [0.25, 0.3) is 0 Å². The first-order valence-electron chi connectivity index (χ1n) is 5.33. The minimum absolute atomic E-state index is 0.118. The molecule has 0 aliphatic heterocycles. The van der Waals surface area contributed by atoms with E-state index in [1.165, 1.54) is 11.3 Å². The van der Waals surface area contributed by atoms with E-state index in [1.807, 2.05) is 13.0 Å². The van der Waals surface area contributed by atoms with Gasteiger partial charge in [-0.05, 0) is 25.5 Å². The predicted octanol–water partition coefficient (Wildman–Crippen LogP) is 2.81. The minimum atomic E-state index is -4.84. The topological polar surface area (TPSA) is 49.3 Å². The number of aliphatic carboxylic acids is 1. The first-order valence-corrected chi connectivity index (χ1v) is 6.15. The largest absolute Gasteiger partial charge is 0.480 e. The molecule has 0 radical (unpaired) electrons. The van der Waals surface area contributed by atoms with Crippen LogP contribution >= 0.6 is 11.3 Å². The van der Waals surface area contributed by atoms with Crippen molar-refractivity contribution in [2.75, 3.05) is 0 Å². The van der Waals surface area contributed by atoms with E-state index in [0.29, 0.717) is 11.8 Å². The number of aryl methyl sites for hydroxylation is 1. The lowest BCUT2D eigenvalue weighted by molar-refractivity contribution is -0.206. The van der Waals surface area contributed by atoms with Crippen LogP contribution in [0.1, 0.15) is 23.6 Å². The van der Waals surface area contributed by atoms with E-state index < -0.39 is 17.7 Å². The van der Waals surface area contributed by atoms with Crippen molar-refractivity contribution in [3.63, 3.8) is 0 Å². The summed E-state index contributed by atoms with van der Waals surface area (Å²) >= 11 is 1.37. The van der Waals surface area contributed by atoms with Crippen LogP contribution < -0.4 is 5.32 Å². The van der Waals surface area contributed by atoms with Crippen molar-refractivity contribution < 1.29 is 23.1 Å². The van der Waals surface area contributed by atoms with Crippen molar-refractivity contribution in [1.82, 2.24) is 5.32 Å². The average Bonchev–Trinajstić information content (AvgIpc) is 2.71. The number of hydrogen-bond acceptors (Lipinski definition) is 3. The van der Waals surface area contributed by atoms with E-state index in [9.17, 15) is 18.0 Å². The highest BCUT2D eigenvalue weighted by Gasteiger charge is 2.57. The zero-order valence-electron chi connectivity index (χ0n) is 9.97. The summed E-state index contributed by atoms with van der Waals surface area (Å²) in [5, 5.41) is 10.8. The Morgan fingerprint density at radius 2 is 1.94 bits per heavy atom. The lowest BCUT2D eigenvalue weighted by Gasteiger charge is -2.28. The molecule has 1 atom stereocenters. The van der Waals surface area contributed by atoms with E-state index >= 15 is 0 Å². The summed E-state index contributed by atoms with van der Waals surface area (Å²) in [7, 11) is 0. The van der Waals surface area contributed by atoms with Gasteiger partial charge < -0.3 is 5.11 Å². The van der Waals surface area contributed by atoms with Gasteiger partial charge in [0.05, 0.1) is 0 Å². The second-order valence-electron chi connectivity index (χ2n) is 4.00. The van der Waals surface area contributed by atoms with Gasteiger partial charge in [-0.15, -0.1) is 11.3 Å². The van der Waals surface area contributed by atoms with Gasteiger partial charge in [-0.25, -0.2) is 4.79 Å². The molecule has 0 aliphatic rings. The quantitative estimate of drug-likeness (QED) is 0.872. The number of carbonyl (C=O) groups is 1. The fourth-order valence-electron chi connectivity index (χ4n) is 1.27. The summed E-state index contributed by atoms with van der Waals surface area (Å²) in [4.78, 5) is 12.5. The smallest absolute Gasteiger partial charge is 0.417 e. The highest BCUT2D eigenvalue weighted by Crippen LogP contribution is 2.31. The van der Waals surface area contributed by atoms with Gasteiger partial charge in [-0.3, -0.25) is 5.32 Å². The van der Waals surface area contributed by atoms with Crippen LogP contribution in [-0.2, 0) is 17.8 Å². The first kappa shape index (κ1) is 15.0. The Morgan fingerprint density at radius 3 is 2.33 bits per heavy atom. The van der Waals surface area contributed by atoms with Gasteiger partial charge in [0.2, 0.25) is 5.54 Å².